The van der Waals surface area contributed by atoms with Crippen molar-refractivity contribution in [2.45, 2.75) is 12.6 Å². The number of furan rings is 1. The maximum absolute atomic E-state index is 11.7. The predicted molar refractivity (Wildman–Crippen MR) is 91.2 cm³/mol. The molecule has 0 amide bonds. The molecule has 3 nitrogen and oxygen atoms in total. The van der Waals surface area contributed by atoms with E-state index in [4.69, 9.17) is 4.42 Å². The van der Waals surface area contributed by atoms with Crippen molar-refractivity contribution in [3.8, 4) is 0 Å². The summed E-state index contributed by atoms with van der Waals surface area (Å²) >= 11 is 0. The van der Waals surface area contributed by atoms with Gasteiger partial charge in [-0.05, 0) is 11.6 Å². The molecule has 2 aromatic carbocycles. The third-order valence-corrected chi connectivity index (χ3v) is 4.51. The van der Waals surface area contributed by atoms with Gasteiger partial charge >= 0.3 is 0 Å². The molecule has 0 saturated heterocycles. The summed E-state index contributed by atoms with van der Waals surface area (Å²) in [6.07, 6.45) is 3.54. The number of hydrogen-bond acceptors (Lipinski definition) is 3. The highest BCUT2D eigenvalue weighted by Gasteiger charge is 2.14. The Kier molecular flexibility index (Phi) is 4.71. The molecule has 0 aliphatic heterocycles. The zero-order chi connectivity index (χ0) is 15.4. The molecule has 114 valence electrons. The minimum absolute atomic E-state index is 0.0701. The fraction of sp³-hybridized carbons (Fsp3) is 0.222. The Morgan fingerprint density at radius 1 is 1.09 bits per heavy atom. The van der Waals surface area contributed by atoms with E-state index in [9.17, 15) is 4.21 Å². The normalized spacial score (nSPS) is 14.0. The van der Waals surface area contributed by atoms with E-state index in [1.165, 1.54) is 0 Å². The molecule has 0 fully saturated rings. The molecule has 0 spiro atoms. The Hall–Kier alpha value is -1.91. The molecular weight excluding hydrogens is 294 g/mol. The van der Waals surface area contributed by atoms with Crippen molar-refractivity contribution in [3.05, 3.63) is 72.0 Å². The highest BCUT2D eigenvalue weighted by atomic mass is 32.2. The van der Waals surface area contributed by atoms with Crippen molar-refractivity contribution < 1.29 is 8.63 Å². The standard InChI is InChI=1S/C18H19NO2S/c1-22(20)13-17(14-7-3-2-4-8-14)19-11-15-12-21-18-10-6-5-9-16(15)18/h2-10,12,17,19H,11,13H2,1H3/t17-,22+/m1/s1. The van der Waals surface area contributed by atoms with Gasteiger partial charge in [0.1, 0.15) is 5.58 Å². The Balaban J connectivity index is 1.78. The number of para-hydroxylation sites is 1. The second-order valence-corrected chi connectivity index (χ2v) is 6.82. The lowest BCUT2D eigenvalue weighted by Crippen LogP contribution is -2.25. The average Bonchev–Trinajstić information content (AvgIpc) is 2.95. The van der Waals surface area contributed by atoms with Crippen LogP contribution in [0.2, 0.25) is 0 Å². The predicted octanol–water partition coefficient (Wildman–Crippen LogP) is 3.64. The molecule has 1 N–H and O–H groups in total. The third kappa shape index (κ3) is 3.46. The topological polar surface area (TPSA) is 42.2 Å². The Bertz CT molecular complexity index is 767. The molecule has 0 unspecified atom stereocenters. The monoisotopic (exact) mass is 313 g/mol. The van der Waals surface area contributed by atoms with Gasteiger partial charge in [0, 0.05) is 46.3 Å². The molecule has 4 heteroatoms. The van der Waals surface area contributed by atoms with E-state index in [-0.39, 0.29) is 6.04 Å². The summed E-state index contributed by atoms with van der Waals surface area (Å²) in [5.74, 6) is 0.597. The second kappa shape index (κ2) is 6.90. The summed E-state index contributed by atoms with van der Waals surface area (Å²) in [5, 5.41) is 4.63. The Morgan fingerprint density at radius 3 is 2.59 bits per heavy atom. The highest BCUT2D eigenvalue weighted by Crippen LogP contribution is 2.22. The third-order valence-electron chi connectivity index (χ3n) is 3.70. The van der Waals surface area contributed by atoms with Gasteiger partial charge in [-0.25, -0.2) is 0 Å². The van der Waals surface area contributed by atoms with Gasteiger partial charge in [-0.15, -0.1) is 0 Å². The fourth-order valence-electron chi connectivity index (χ4n) is 2.60. The average molecular weight is 313 g/mol. The van der Waals surface area contributed by atoms with Crippen LogP contribution in [0, 0.1) is 0 Å². The second-order valence-electron chi connectivity index (χ2n) is 5.34. The molecule has 1 heterocycles. The molecule has 22 heavy (non-hydrogen) atoms. The number of benzene rings is 2. The van der Waals surface area contributed by atoms with Gasteiger partial charge < -0.3 is 9.73 Å². The molecule has 3 aromatic rings. The summed E-state index contributed by atoms with van der Waals surface area (Å²) in [4.78, 5) is 0. The van der Waals surface area contributed by atoms with E-state index in [2.05, 4.69) is 23.5 Å². The highest BCUT2D eigenvalue weighted by molar-refractivity contribution is 7.84. The molecule has 0 saturated carbocycles. The zero-order valence-corrected chi connectivity index (χ0v) is 13.3. The lowest BCUT2D eigenvalue weighted by atomic mass is 10.1. The van der Waals surface area contributed by atoms with Crippen LogP contribution in [0.3, 0.4) is 0 Å². The van der Waals surface area contributed by atoms with Crippen molar-refractivity contribution in [2.24, 2.45) is 0 Å². The van der Waals surface area contributed by atoms with Crippen LogP contribution in [0.25, 0.3) is 11.0 Å². The Labute approximate surface area is 132 Å². The summed E-state index contributed by atoms with van der Waals surface area (Å²) in [6.45, 7) is 0.688. The van der Waals surface area contributed by atoms with Crippen LogP contribution in [0.5, 0.6) is 0 Å². The quantitative estimate of drug-likeness (QED) is 0.755. The molecule has 2 atom stereocenters. The van der Waals surface area contributed by atoms with E-state index >= 15 is 0 Å². The van der Waals surface area contributed by atoms with Gasteiger partial charge in [-0.1, -0.05) is 48.5 Å². The van der Waals surface area contributed by atoms with Crippen molar-refractivity contribution in [1.82, 2.24) is 5.32 Å². The minimum Gasteiger partial charge on any atom is -0.464 e. The van der Waals surface area contributed by atoms with Gasteiger partial charge in [0.25, 0.3) is 0 Å². The first-order valence-electron chi connectivity index (χ1n) is 7.27. The Morgan fingerprint density at radius 2 is 1.82 bits per heavy atom. The van der Waals surface area contributed by atoms with Crippen LogP contribution >= 0.6 is 0 Å². The van der Waals surface area contributed by atoms with Gasteiger partial charge in [-0.3, -0.25) is 4.21 Å². The van der Waals surface area contributed by atoms with E-state index in [0.717, 1.165) is 22.1 Å². The summed E-state index contributed by atoms with van der Waals surface area (Å²) in [5.41, 5.74) is 3.18. The molecule has 3 rings (SSSR count). The number of hydrogen-bond donors (Lipinski definition) is 1. The first kappa shape index (κ1) is 15.0. The van der Waals surface area contributed by atoms with Crippen molar-refractivity contribution in [2.75, 3.05) is 12.0 Å². The summed E-state index contributed by atoms with van der Waals surface area (Å²) < 4.78 is 17.2. The first-order valence-corrected chi connectivity index (χ1v) is 9.00. The van der Waals surface area contributed by atoms with E-state index in [0.29, 0.717) is 12.3 Å². The maximum atomic E-state index is 11.7. The summed E-state index contributed by atoms with van der Waals surface area (Å²) in [7, 11) is -0.857. The van der Waals surface area contributed by atoms with Gasteiger partial charge in [0.2, 0.25) is 0 Å². The maximum Gasteiger partial charge on any atom is 0.134 e. The van der Waals surface area contributed by atoms with Crippen molar-refractivity contribution >= 4 is 21.8 Å². The minimum atomic E-state index is -0.857. The number of rotatable bonds is 6. The van der Waals surface area contributed by atoms with Crippen LogP contribution in [-0.4, -0.2) is 16.2 Å². The lowest BCUT2D eigenvalue weighted by Gasteiger charge is -2.18. The molecule has 0 bridgehead atoms. The smallest absolute Gasteiger partial charge is 0.134 e. The molecule has 1 aromatic heterocycles. The van der Waals surface area contributed by atoms with Crippen molar-refractivity contribution in [3.63, 3.8) is 0 Å². The largest absolute Gasteiger partial charge is 0.464 e. The molecule has 0 aliphatic rings. The number of fused-ring (bicyclic) bond motifs is 1. The van der Waals surface area contributed by atoms with E-state index in [1.807, 2.05) is 36.4 Å². The first-order chi connectivity index (χ1) is 10.7. The van der Waals surface area contributed by atoms with E-state index < -0.39 is 10.8 Å². The molecule has 0 radical (unpaired) electrons. The molecule has 0 aliphatic carbocycles. The SMILES string of the molecule is C[S@](=O)C[C@@H](NCc1coc2ccccc12)c1ccccc1. The lowest BCUT2D eigenvalue weighted by molar-refractivity contribution is 0.562. The van der Waals surface area contributed by atoms with Gasteiger partial charge in [-0.2, -0.15) is 0 Å². The van der Waals surface area contributed by atoms with Crippen LogP contribution in [0.15, 0.2) is 65.3 Å². The van der Waals surface area contributed by atoms with Crippen LogP contribution in [-0.2, 0) is 17.3 Å². The van der Waals surface area contributed by atoms with Gasteiger partial charge in [0.05, 0.1) is 6.26 Å². The summed E-state index contributed by atoms with van der Waals surface area (Å²) in [6, 6.07) is 18.2. The van der Waals surface area contributed by atoms with E-state index in [1.54, 1.807) is 12.5 Å². The fourth-order valence-corrected chi connectivity index (χ4v) is 3.38. The van der Waals surface area contributed by atoms with Crippen LogP contribution < -0.4 is 5.32 Å². The van der Waals surface area contributed by atoms with Crippen molar-refractivity contribution in [1.29, 1.82) is 0 Å². The number of nitrogens with one attached hydrogen (secondary N) is 1. The van der Waals surface area contributed by atoms with Crippen LogP contribution in [0.4, 0.5) is 0 Å². The van der Waals surface area contributed by atoms with Gasteiger partial charge in [0.15, 0.2) is 0 Å². The zero-order valence-electron chi connectivity index (χ0n) is 12.5. The molecular formula is C18H19NO2S. The van der Waals surface area contributed by atoms with Crippen LogP contribution in [0.1, 0.15) is 17.2 Å².